The predicted octanol–water partition coefficient (Wildman–Crippen LogP) is 1.08. The molecule has 1 aliphatic rings. The average molecular weight is 150 g/mol. The zero-order valence-electron chi connectivity index (χ0n) is 5.52. The molecule has 1 aliphatic carbocycles. The summed E-state index contributed by atoms with van der Waals surface area (Å²) < 4.78 is 0. The Bertz CT molecular complexity index is 120. The highest BCUT2D eigenvalue weighted by molar-refractivity contribution is 5.85. The van der Waals surface area contributed by atoms with Crippen LogP contribution < -0.4 is 5.73 Å². The molecule has 3 heteroatoms. The molecule has 0 spiro atoms. The van der Waals surface area contributed by atoms with Gasteiger partial charge < -0.3 is 5.73 Å². The lowest BCUT2D eigenvalue weighted by atomic mass is 10.0. The monoisotopic (exact) mass is 149 g/mol. The first-order chi connectivity index (χ1) is 3.71. The van der Waals surface area contributed by atoms with E-state index >= 15 is 0 Å². The first-order valence-corrected chi connectivity index (χ1v) is 3.01. The van der Waals surface area contributed by atoms with Crippen molar-refractivity contribution in [2.24, 2.45) is 11.1 Å². The molecule has 0 radical (unpaired) electrons. The maximum absolute atomic E-state index is 10.5. The fraction of sp³-hybridized carbons (Fsp3) is 0.833. The van der Waals surface area contributed by atoms with Crippen molar-refractivity contribution < 1.29 is 4.79 Å². The molecule has 0 bridgehead atoms. The molecular formula is C6H12ClNO. The summed E-state index contributed by atoms with van der Waals surface area (Å²) in [6.07, 6.45) is 2.94. The number of hydrogen-bond acceptors (Lipinski definition) is 1. The van der Waals surface area contributed by atoms with Gasteiger partial charge in [-0.3, -0.25) is 4.79 Å². The molecule has 9 heavy (non-hydrogen) atoms. The zero-order chi connectivity index (χ0) is 6.20. The summed E-state index contributed by atoms with van der Waals surface area (Å²) in [6, 6.07) is 0. The van der Waals surface area contributed by atoms with Crippen LogP contribution in [0.15, 0.2) is 0 Å². The molecule has 0 aromatic heterocycles. The molecule has 0 aliphatic heterocycles. The summed E-state index contributed by atoms with van der Waals surface area (Å²) in [7, 11) is 0. The second kappa shape index (κ2) is 2.56. The van der Waals surface area contributed by atoms with Crippen molar-refractivity contribution in [2.45, 2.75) is 26.2 Å². The third-order valence-electron chi connectivity index (χ3n) is 2.05. The molecule has 1 saturated carbocycles. The highest BCUT2D eigenvalue weighted by atomic mass is 35.5. The number of nitrogens with two attached hydrogens (primary N) is 1. The molecule has 0 heterocycles. The number of primary amides is 1. The molecule has 0 unspecified atom stereocenters. The van der Waals surface area contributed by atoms with E-state index in [9.17, 15) is 4.79 Å². The van der Waals surface area contributed by atoms with Crippen molar-refractivity contribution in [3.63, 3.8) is 0 Å². The SMILES string of the molecule is CCC1(C(N)=O)CC1.Cl. The standard InChI is InChI=1S/C6H11NO.ClH/c1-2-6(3-4-6)5(7)8;/h2-4H2,1H3,(H2,7,8);1H. The molecule has 0 saturated heterocycles. The molecule has 1 amide bonds. The molecule has 1 fully saturated rings. The minimum atomic E-state index is -0.111. The summed E-state index contributed by atoms with van der Waals surface area (Å²) in [5, 5.41) is 0. The van der Waals surface area contributed by atoms with E-state index in [0.29, 0.717) is 0 Å². The van der Waals surface area contributed by atoms with E-state index in [2.05, 4.69) is 0 Å². The summed E-state index contributed by atoms with van der Waals surface area (Å²) in [6.45, 7) is 2.01. The Kier molecular flexibility index (Phi) is 2.50. The van der Waals surface area contributed by atoms with E-state index in [0.717, 1.165) is 19.3 Å². The van der Waals surface area contributed by atoms with Crippen molar-refractivity contribution in [3.8, 4) is 0 Å². The minimum Gasteiger partial charge on any atom is -0.369 e. The summed E-state index contributed by atoms with van der Waals surface area (Å²) >= 11 is 0. The molecular weight excluding hydrogens is 138 g/mol. The minimum absolute atomic E-state index is 0. The third kappa shape index (κ3) is 1.36. The van der Waals surface area contributed by atoms with Gasteiger partial charge in [-0.15, -0.1) is 12.4 Å². The largest absolute Gasteiger partial charge is 0.369 e. The van der Waals surface area contributed by atoms with Gasteiger partial charge in [-0.25, -0.2) is 0 Å². The molecule has 0 aromatic carbocycles. The van der Waals surface area contributed by atoms with Gasteiger partial charge in [0.05, 0.1) is 0 Å². The summed E-state index contributed by atoms with van der Waals surface area (Å²) in [4.78, 5) is 10.5. The van der Waals surface area contributed by atoms with Crippen molar-refractivity contribution in [1.82, 2.24) is 0 Å². The van der Waals surface area contributed by atoms with Gasteiger partial charge in [-0.2, -0.15) is 0 Å². The first-order valence-electron chi connectivity index (χ1n) is 3.01. The van der Waals surface area contributed by atoms with E-state index in [1.54, 1.807) is 0 Å². The Morgan fingerprint density at radius 3 is 2.11 bits per heavy atom. The van der Waals surface area contributed by atoms with Crippen LogP contribution in [0.5, 0.6) is 0 Å². The molecule has 54 valence electrons. The van der Waals surface area contributed by atoms with E-state index in [1.807, 2.05) is 6.92 Å². The number of carbonyl (C=O) groups is 1. The van der Waals surface area contributed by atoms with E-state index < -0.39 is 0 Å². The lowest BCUT2D eigenvalue weighted by Gasteiger charge is -2.03. The average Bonchev–Trinajstić information content (AvgIpc) is 2.44. The highest BCUT2D eigenvalue weighted by Gasteiger charge is 2.46. The quantitative estimate of drug-likeness (QED) is 0.628. The zero-order valence-corrected chi connectivity index (χ0v) is 6.33. The van der Waals surface area contributed by atoms with Crippen LogP contribution in [-0.4, -0.2) is 5.91 Å². The summed E-state index contributed by atoms with van der Waals surface area (Å²) in [5.41, 5.74) is 5.03. The molecule has 0 atom stereocenters. The van der Waals surface area contributed by atoms with Gasteiger partial charge >= 0.3 is 0 Å². The number of halogens is 1. The van der Waals surface area contributed by atoms with Gasteiger partial charge in [0.1, 0.15) is 0 Å². The van der Waals surface area contributed by atoms with E-state index in [-0.39, 0.29) is 23.7 Å². The lowest BCUT2D eigenvalue weighted by Crippen LogP contribution is -2.23. The Hall–Kier alpha value is -0.240. The smallest absolute Gasteiger partial charge is 0.223 e. The number of carbonyl (C=O) groups excluding carboxylic acids is 1. The second-order valence-electron chi connectivity index (χ2n) is 2.50. The van der Waals surface area contributed by atoms with Gasteiger partial charge in [0.25, 0.3) is 0 Å². The Morgan fingerprint density at radius 1 is 1.67 bits per heavy atom. The van der Waals surface area contributed by atoms with Gasteiger partial charge in [-0.05, 0) is 19.3 Å². The molecule has 2 nitrogen and oxygen atoms in total. The normalized spacial score (nSPS) is 20.1. The van der Waals surface area contributed by atoms with Crippen LogP contribution in [0.3, 0.4) is 0 Å². The van der Waals surface area contributed by atoms with Crippen molar-refractivity contribution in [3.05, 3.63) is 0 Å². The van der Waals surface area contributed by atoms with Crippen LogP contribution in [0, 0.1) is 5.41 Å². The number of amides is 1. The Morgan fingerprint density at radius 2 is 2.11 bits per heavy atom. The van der Waals surface area contributed by atoms with Crippen molar-refractivity contribution in [2.75, 3.05) is 0 Å². The fourth-order valence-electron chi connectivity index (χ4n) is 0.925. The molecule has 2 N–H and O–H groups in total. The van der Waals surface area contributed by atoms with Crippen molar-refractivity contribution >= 4 is 18.3 Å². The van der Waals surface area contributed by atoms with E-state index in [1.165, 1.54) is 0 Å². The Labute approximate surface area is 61.2 Å². The van der Waals surface area contributed by atoms with Crippen LogP contribution >= 0.6 is 12.4 Å². The number of hydrogen-bond donors (Lipinski definition) is 1. The Balaban J connectivity index is 0.000000640. The van der Waals surface area contributed by atoms with Crippen LogP contribution in [0.2, 0.25) is 0 Å². The highest BCUT2D eigenvalue weighted by Crippen LogP contribution is 2.47. The molecule has 1 rings (SSSR count). The predicted molar refractivity (Wildman–Crippen MR) is 38.4 cm³/mol. The maximum atomic E-state index is 10.5. The van der Waals surface area contributed by atoms with Gasteiger partial charge in [0.15, 0.2) is 0 Å². The lowest BCUT2D eigenvalue weighted by molar-refractivity contribution is -0.123. The summed E-state index contributed by atoms with van der Waals surface area (Å²) in [5.74, 6) is -0.111. The third-order valence-corrected chi connectivity index (χ3v) is 2.05. The topological polar surface area (TPSA) is 43.1 Å². The molecule has 0 aromatic rings. The van der Waals surface area contributed by atoms with Gasteiger partial charge in [0.2, 0.25) is 5.91 Å². The van der Waals surface area contributed by atoms with Crippen molar-refractivity contribution in [1.29, 1.82) is 0 Å². The van der Waals surface area contributed by atoms with Crippen LogP contribution in [0.1, 0.15) is 26.2 Å². The van der Waals surface area contributed by atoms with Crippen LogP contribution in [-0.2, 0) is 4.79 Å². The number of rotatable bonds is 2. The van der Waals surface area contributed by atoms with Gasteiger partial charge in [-0.1, -0.05) is 6.92 Å². The van der Waals surface area contributed by atoms with Crippen LogP contribution in [0.25, 0.3) is 0 Å². The van der Waals surface area contributed by atoms with Crippen LogP contribution in [0.4, 0.5) is 0 Å². The fourth-order valence-corrected chi connectivity index (χ4v) is 0.925. The van der Waals surface area contributed by atoms with Gasteiger partial charge in [0, 0.05) is 5.41 Å². The van der Waals surface area contributed by atoms with E-state index in [4.69, 9.17) is 5.73 Å². The second-order valence-corrected chi connectivity index (χ2v) is 2.50. The first kappa shape index (κ1) is 8.76. The maximum Gasteiger partial charge on any atom is 0.223 e.